The summed E-state index contributed by atoms with van der Waals surface area (Å²) in [4.78, 5) is 14.1. The molecular weight excluding hydrogens is 396 g/mol. The van der Waals surface area contributed by atoms with Crippen LogP contribution < -0.4 is 5.32 Å². The zero-order valence-corrected chi connectivity index (χ0v) is 18.6. The van der Waals surface area contributed by atoms with Gasteiger partial charge in [-0.15, -0.1) is 0 Å². The Morgan fingerprint density at radius 3 is 2.38 bits per heavy atom. The highest BCUT2D eigenvalue weighted by Gasteiger charge is 2.14. The predicted molar refractivity (Wildman–Crippen MR) is 129 cm³/mol. The van der Waals surface area contributed by atoms with Crippen LogP contribution in [-0.2, 0) is 0 Å². The van der Waals surface area contributed by atoms with E-state index in [0.29, 0.717) is 11.6 Å². The molecule has 6 heteroatoms. The number of hydrogen-bond acceptors (Lipinski definition) is 5. The summed E-state index contributed by atoms with van der Waals surface area (Å²) in [5.41, 5.74) is 6.12. The molecule has 0 aliphatic carbocycles. The van der Waals surface area contributed by atoms with Gasteiger partial charge in [-0.1, -0.05) is 48.5 Å². The third-order valence-corrected chi connectivity index (χ3v) is 5.45. The molecular formula is C26H24N6. The number of aryl methyl sites for hydroxylation is 4. The molecule has 6 nitrogen and oxygen atoms in total. The van der Waals surface area contributed by atoms with E-state index < -0.39 is 0 Å². The summed E-state index contributed by atoms with van der Waals surface area (Å²) in [6.45, 7) is 8.07. The van der Waals surface area contributed by atoms with Crippen LogP contribution in [0.5, 0.6) is 0 Å². The highest BCUT2D eigenvalue weighted by Crippen LogP contribution is 2.27. The van der Waals surface area contributed by atoms with Gasteiger partial charge in [0.05, 0.1) is 16.9 Å². The Bertz CT molecular complexity index is 1440. The molecule has 0 aliphatic rings. The van der Waals surface area contributed by atoms with Crippen LogP contribution in [0.2, 0.25) is 0 Å². The first-order valence-electron chi connectivity index (χ1n) is 10.6. The van der Waals surface area contributed by atoms with Gasteiger partial charge in [-0.25, -0.2) is 15.0 Å². The van der Waals surface area contributed by atoms with Gasteiger partial charge in [-0.3, -0.25) is 0 Å². The van der Waals surface area contributed by atoms with E-state index >= 15 is 0 Å². The van der Waals surface area contributed by atoms with Crippen LogP contribution in [0, 0.1) is 27.7 Å². The molecule has 0 saturated carbocycles. The molecule has 1 N–H and O–H groups in total. The largest absolute Gasteiger partial charge is 0.325 e. The first kappa shape index (κ1) is 19.9. The van der Waals surface area contributed by atoms with Crippen LogP contribution in [0.3, 0.4) is 0 Å². The van der Waals surface area contributed by atoms with Crippen molar-refractivity contribution in [3.05, 3.63) is 89.4 Å². The lowest BCUT2D eigenvalue weighted by atomic mass is 10.1. The van der Waals surface area contributed by atoms with Gasteiger partial charge in [0.1, 0.15) is 17.5 Å². The summed E-state index contributed by atoms with van der Waals surface area (Å²) in [6.07, 6.45) is 0. The maximum absolute atomic E-state index is 4.93. The standard InChI is InChI=1S/C26H24N6/c1-16-9-8-12-21-17(2)13-24(30-26(16)21)32-25(14-18(3)31-32)29-23-15-22(27-19(4)28-23)20-10-6-5-7-11-20/h5-15H,1-4H3,(H,27,28,29). The summed E-state index contributed by atoms with van der Waals surface area (Å²) in [6, 6.07) is 22.4. The summed E-state index contributed by atoms with van der Waals surface area (Å²) in [7, 11) is 0. The molecule has 3 aromatic heterocycles. The van der Waals surface area contributed by atoms with Gasteiger partial charge in [0.15, 0.2) is 5.82 Å². The quantitative estimate of drug-likeness (QED) is 0.395. The van der Waals surface area contributed by atoms with Gasteiger partial charge in [0, 0.05) is 23.1 Å². The third-order valence-electron chi connectivity index (χ3n) is 5.45. The molecule has 0 saturated heterocycles. The Hall–Kier alpha value is -4.06. The first-order valence-corrected chi connectivity index (χ1v) is 10.6. The van der Waals surface area contributed by atoms with Crippen LogP contribution >= 0.6 is 0 Å². The number of para-hydroxylation sites is 1. The lowest BCUT2D eigenvalue weighted by Gasteiger charge is -2.13. The van der Waals surface area contributed by atoms with Crippen molar-refractivity contribution in [2.45, 2.75) is 27.7 Å². The molecule has 5 aromatic rings. The molecule has 5 rings (SSSR count). The average molecular weight is 421 g/mol. The van der Waals surface area contributed by atoms with E-state index in [9.17, 15) is 0 Å². The lowest BCUT2D eigenvalue weighted by molar-refractivity contribution is 0.841. The molecule has 0 atom stereocenters. The van der Waals surface area contributed by atoms with E-state index in [1.807, 2.05) is 61.0 Å². The second-order valence-corrected chi connectivity index (χ2v) is 8.03. The summed E-state index contributed by atoms with van der Waals surface area (Å²) in [5, 5.41) is 9.30. The monoisotopic (exact) mass is 420 g/mol. The van der Waals surface area contributed by atoms with Crippen LogP contribution in [0.4, 0.5) is 11.6 Å². The zero-order chi connectivity index (χ0) is 22.2. The number of benzene rings is 2. The van der Waals surface area contributed by atoms with E-state index in [0.717, 1.165) is 50.6 Å². The fraction of sp³-hybridized carbons (Fsp3) is 0.154. The van der Waals surface area contributed by atoms with Gasteiger partial charge in [-0.2, -0.15) is 9.78 Å². The topological polar surface area (TPSA) is 68.5 Å². The summed E-state index contributed by atoms with van der Waals surface area (Å²) >= 11 is 0. The van der Waals surface area contributed by atoms with Crippen molar-refractivity contribution in [1.82, 2.24) is 24.7 Å². The molecule has 2 aromatic carbocycles. The number of rotatable bonds is 4. The number of anilines is 2. The van der Waals surface area contributed by atoms with E-state index in [-0.39, 0.29) is 0 Å². The Balaban J connectivity index is 1.58. The molecule has 0 radical (unpaired) electrons. The minimum Gasteiger partial charge on any atom is -0.325 e. The van der Waals surface area contributed by atoms with E-state index in [2.05, 4.69) is 53.4 Å². The van der Waals surface area contributed by atoms with Crippen LogP contribution in [0.1, 0.15) is 22.6 Å². The highest BCUT2D eigenvalue weighted by molar-refractivity contribution is 5.85. The van der Waals surface area contributed by atoms with Gasteiger partial charge in [0.25, 0.3) is 0 Å². The highest BCUT2D eigenvalue weighted by atomic mass is 15.4. The minimum absolute atomic E-state index is 0.701. The van der Waals surface area contributed by atoms with E-state index in [1.165, 1.54) is 0 Å². The number of hydrogen-bond donors (Lipinski definition) is 1. The van der Waals surface area contributed by atoms with Crippen molar-refractivity contribution in [2.24, 2.45) is 0 Å². The van der Waals surface area contributed by atoms with Crippen molar-refractivity contribution in [3.8, 4) is 17.1 Å². The van der Waals surface area contributed by atoms with E-state index in [4.69, 9.17) is 10.1 Å². The SMILES string of the molecule is Cc1cc(Nc2cc(-c3ccccc3)nc(C)n2)n(-c2cc(C)c3cccc(C)c3n2)n1. The summed E-state index contributed by atoms with van der Waals surface area (Å²) in [5.74, 6) is 2.99. The predicted octanol–water partition coefficient (Wildman–Crippen LogP) is 5.85. The van der Waals surface area contributed by atoms with Crippen LogP contribution in [0.25, 0.3) is 28.0 Å². The third kappa shape index (κ3) is 3.71. The Kier molecular flexibility index (Phi) is 4.90. The number of fused-ring (bicyclic) bond motifs is 1. The van der Waals surface area contributed by atoms with Gasteiger partial charge in [-0.05, 0) is 44.9 Å². The molecule has 3 heterocycles. The van der Waals surface area contributed by atoms with Crippen LogP contribution in [-0.4, -0.2) is 24.7 Å². The van der Waals surface area contributed by atoms with Crippen molar-refractivity contribution in [1.29, 1.82) is 0 Å². The average Bonchev–Trinajstić information content (AvgIpc) is 3.14. The van der Waals surface area contributed by atoms with Crippen molar-refractivity contribution in [2.75, 3.05) is 5.32 Å². The van der Waals surface area contributed by atoms with Crippen molar-refractivity contribution in [3.63, 3.8) is 0 Å². The van der Waals surface area contributed by atoms with Gasteiger partial charge >= 0.3 is 0 Å². The van der Waals surface area contributed by atoms with Crippen LogP contribution in [0.15, 0.2) is 66.7 Å². The Morgan fingerprint density at radius 1 is 0.750 bits per heavy atom. The molecule has 0 amide bonds. The van der Waals surface area contributed by atoms with Gasteiger partial charge < -0.3 is 5.32 Å². The normalized spacial score (nSPS) is 11.1. The van der Waals surface area contributed by atoms with E-state index in [1.54, 1.807) is 0 Å². The minimum atomic E-state index is 0.701. The van der Waals surface area contributed by atoms with Crippen molar-refractivity contribution >= 4 is 22.5 Å². The number of nitrogens with zero attached hydrogens (tertiary/aromatic N) is 5. The van der Waals surface area contributed by atoms with Crippen molar-refractivity contribution < 1.29 is 0 Å². The number of aromatic nitrogens is 5. The fourth-order valence-corrected chi connectivity index (χ4v) is 3.94. The maximum atomic E-state index is 4.93. The lowest BCUT2D eigenvalue weighted by Crippen LogP contribution is -2.07. The molecule has 0 fully saturated rings. The Labute approximate surface area is 187 Å². The molecule has 32 heavy (non-hydrogen) atoms. The molecule has 0 bridgehead atoms. The second-order valence-electron chi connectivity index (χ2n) is 8.03. The number of nitrogens with one attached hydrogen (secondary N) is 1. The Morgan fingerprint density at radius 2 is 1.56 bits per heavy atom. The van der Waals surface area contributed by atoms with Gasteiger partial charge in [0.2, 0.25) is 0 Å². The smallest absolute Gasteiger partial charge is 0.156 e. The zero-order valence-electron chi connectivity index (χ0n) is 18.6. The second kappa shape index (κ2) is 7.89. The molecule has 0 spiro atoms. The molecule has 0 aliphatic heterocycles. The summed E-state index contributed by atoms with van der Waals surface area (Å²) < 4.78 is 1.84. The first-order chi connectivity index (χ1) is 15.5. The maximum Gasteiger partial charge on any atom is 0.156 e. The number of pyridine rings is 1. The molecule has 158 valence electrons. The fourth-order valence-electron chi connectivity index (χ4n) is 3.94. The molecule has 0 unspecified atom stereocenters.